The first kappa shape index (κ1) is 16.6. The first-order chi connectivity index (χ1) is 10.4. The monoisotopic (exact) mass is 330 g/mol. The maximum absolute atomic E-state index is 11.9. The van der Waals surface area contributed by atoms with E-state index in [0.717, 1.165) is 0 Å². The molecule has 0 unspecified atom stereocenters. The zero-order valence-electron chi connectivity index (χ0n) is 12.2. The Morgan fingerprint density at radius 1 is 1.27 bits per heavy atom. The van der Waals surface area contributed by atoms with Crippen LogP contribution in [0.1, 0.15) is 12.8 Å². The first-order valence-electron chi connectivity index (χ1n) is 6.79. The molecule has 1 fully saturated rings. The minimum absolute atomic E-state index is 0.0864. The third-order valence-corrected chi connectivity index (χ3v) is 4.56. The molecule has 1 aromatic rings. The average molecular weight is 330 g/mol. The number of aryl methyl sites for hydroxylation is 1. The maximum atomic E-state index is 11.9. The molecule has 0 saturated carbocycles. The summed E-state index contributed by atoms with van der Waals surface area (Å²) in [7, 11) is -1.96. The van der Waals surface area contributed by atoms with E-state index >= 15 is 0 Å². The highest BCUT2D eigenvalue weighted by Crippen LogP contribution is 2.10. The number of likely N-dealkylation sites (tertiary alicyclic amines) is 1. The molecule has 2 amide bonds. The Labute approximate surface area is 128 Å². The third-order valence-electron chi connectivity index (χ3n) is 3.14. The Kier molecular flexibility index (Phi) is 5.27. The van der Waals surface area contributed by atoms with E-state index in [9.17, 15) is 18.0 Å². The molecule has 1 aliphatic rings. The number of carbonyl (C=O) groups excluding carboxylic acids is 2. The first-order valence-corrected chi connectivity index (χ1v) is 8.28. The number of rotatable bonds is 8. The van der Waals surface area contributed by atoms with Gasteiger partial charge >= 0.3 is 0 Å². The highest BCUT2D eigenvalue weighted by Gasteiger charge is 2.28. The molecule has 0 aromatic carbocycles. The topological polar surface area (TPSA) is 111 Å². The summed E-state index contributed by atoms with van der Waals surface area (Å²) >= 11 is 0. The van der Waals surface area contributed by atoms with Crippen molar-refractivity contribution in [3.63, 3.8) is 0 Å². The fourth-order valence-electron chi connectivity index (χ4n) is 2.00. The summed E-state index contributed by atoms with van der Waals surface area (Å²) in [5.41, 5.74) is 0. The summed E-state index contributed by atoms with van der Waals surface area (Å²) in [5, 5.41) is 3.80. The van der Waals surface area contributed by atoms with Crippen LogP contribution in [-0.4, -0.2) is 61.2 Å². The van der Waals surface area contributed by atoms with Crippen molar-refractivity contribution in [2.24, 2.45) is 7.05 Å². The van der Waals surface area contributed by atoms with Crippen molar-refractivity contribution in [2.45, 2.75) is 17.7 Å². The molecule has 0 bridgehead atoms. The van der Waals surface area contributed by atoms with Crippen LogP contribution in [0.15, 0.2) is 17.3 Å². The SMILES string of the molecule is Cn1cc(S(=O)(=O)NCCOCCN2C(=O)CCC2=O)cn1. The lowest BCUT2D eigenvalue weighted by atomic mass is 10.4. The molecule has 1 saturated heterocycles. The molecule has 1 aromatic heterocycles. The van der Waals surface area contributed by atoms with E-state index in [1.165, 1.54) is 22.0 Å². The van der Waals surface area contributed by atoms with E-state index in [-0.39, 0.29) is 55.9 Å². The van der Waals surface area contributed by atoms with Gasteiger partial charge in [0.15, 0.2) is 0 Å². The van der Waals surface area contributed by atoms with Crippen LogP contribution >= 0.6 is 0 Å². The van der Waals surface area contributed by atoms with Crippen LogP contribution in [0.5, 0.6) is 0 Å². The van der Waals surface area contributed by atoms with Crippen molar-refractivity contribution < 1.29 is 22.7 Å². The molecule has 0 radical (unpaired) electrons. The predicted octanol–water partition coefficient (Wildman–Crippen LogP) is -1.14. The van der Waals surface area contributed by atoms with E-state index < -0.39 is 10.0 Å². The number of carbonyl (C=O) groups is 2. The Morgan fingerprint density at radius 3 is 2.55 bits per heavy atom. The molecule has 9 nitrogen and oxygen atoms in total. The van der Waals surface area contributed by atoms with Crippen molar-refractivity contribution in [1.29, 1.82) is 0 Å². The molecule has 2 rings (SSSR count). The molecule has 122 valence electrons. The van der Waals surface area contributed by atoms with Crippen molar-refractivity contribution in [3.05, 3.63) is 12.4 Å². The van der Waals surface area contributed by atoms with E-state index in [0.29, 0.717) is 0 Å². The van der Waals surface area contributed by atoms with Gasteiger partial charge in [0.1, 0.15) is 4.90 Å². The minimum atomic E-state index is -3.59. The lowest BCUT2D eigenvalue weighted by molar-refractivity contribution is -0.139. The zero-order valence-corrected chi connectivity index (χ0v) is 13.0. The fourth-order valence-corrected chi connectivity index (χ4v) is 3.00. The maximum Gasteiger partial charge on any atom is 0.243 e. The van der Waals surface area contributed by atoms with Crippen molar-refractivity contribution in [1.82, 2.24) is 19.4 Å². The van der Waals surface area contributed by atoms with Gasteiger partial charge in [-0.1, -0.05) is 0 Å². The summed E-state index contributed by atoms with van der Waals surface area (Å²) in [6.07, 6.45) is 3.16. The van der Waals surface area contributed by atoms with Crippen LogP contribution in [-0.2, 0) is 31.4 Å². The van der Waals surface area contributed by atoms with Crippen LogP contribution in [0.4, 0.5) is 0 Å². The standard InChI is InChI=1S/C12H18N4O5S/c1-15-9-10(8-13-15)22(19,20)14-4-6-21-7-5-16-11(17)2-3-12(16)18/h8-9,14H,2-7H2,1H3. The molecular weight excluding hydrogens is 312 g/mol. The lowest BCUT2D eigenvalue weighted by Crippen LogP contribution is -2.33. The van der Waals surface area contributed by atoms with Crippen molar-refractivity contribution in [2.75, 3.05) is 26.3 Å². The predicted molar refractivity (Wildman–Crippen MR) is 75.2 cm³/mol. The summed E-state index contributed by atoms with van der Waals surface area (Å²) in [6.45, 7) is 0.633. The minimum Gasteiger partial charge on any atom is -0.378 e. The molecular formula is C12H18N4O5S. The zero-order chi connectivity index (χ0) is 16.2. The van der Waals surface area contributed by atoms with E-state index in [1.807, 2.05) is 0 Å². The van der Waals surface area contributed by atoms with Gasteiger partial charge in [-0.2, -0.15) is 5.10 Å². The van der Waals surface area contributed by atoms with Crippen LogP contribution in [0.2, 0.25) is 0 Å². The largest absolute Gasteiger partial charge is 0.378 e. The quantitative estimate of drug-likeness (QED) is 0.477. The van der Waals surface area contributed by atoms with Crippen LogP contribution < -0.4 is 4.72 Å². The molecule has 1 aliphatic heterocycles. The number of amides is 2. The van der Waals surface area contributed by atoms with Crippen molar-refractivity contribution >= 4 is 21.8 Å². The summed E-state index contributed by atoms with van der Waals surface area (Å²) in [4.78, 5) is 23.9. The Morgan fingerprint density at radius 2 is 1.95 bits per heavy atom. The number of aromatic nitrogens is 2. The van der Waals surface area contributed by atoms with Gasteiger partial charge in [-0.3, -0.25) is 19.2 Å². The Balaban J connectivity index is 1.65. The molecule has 0 atom stereocenters. The van der Waals surface area contributed by atoms with Crippen molar-refractivity contribution in [3.8, 4) is 0 Å². The van der Waals surface area contributed by atoms with Gasteiger partial charge in [0.05, 0.1) is 26.0 Å². The van der Waals surface area contributed by atoms with Crippen LogP contribution in [0, 0.1) is 0 Å². The molecule has 0 spiro atoms. The van der Waals surface area contributed by atoms with Crippen LogP contribution in [0.3, 0.4) is 0 Å². The number of hydrogen-bond donors (Lipinski definition) is 1. The molecule has 10 heteroatoms. The summed E-state index contributed by atoms with van der Waals surface area (Å²) in [5.74, 6) is -0.378. The molecule has 22 heavy (non-hydrogen) atoms. The van der Waals surface area contributed by atoms with E-state index in [1.54, 1.807) is 7.05 Å². The summed E-state index contributed by atoms with van der Waals surface area (Å²) < 4.78 is 32.7. The van der Waals surface area contributed by atoms with Gasteiger partial charge in [0, 0.05) is 32.6 Å². The van der Waals surface area contributed by atoms with E-state index in [2.05, 4.69) is 9.82 Å². The second kappa shape index (κ2) is 6.99. The van der Waals surface area contributed by atoms with E-state index in [4.69, 9.17) is 4.74 Å². The Bertz CT molecular complexity index is 638. The number of hydrogen-bond acceptors (Lipinski definition) is 6. The number of nitrogens with one attached hydrogen (secondary N) is 1. The molecule has 0 aliphatic carbocycles. The highest BCUT2D eigenvalue weighted by atomic mass is 32.2. The van der Waals surface area contributed by atoms with Gasteiger partial charge in [-0.15, -0.1) is 0 Å². The Hall–Kier alpha value is -1.78. The van der Waals surface area contributed by atoms with Gasteiger partial charge in [0.25, 0.3) is 0 Å². The van der Waals surface area contributed by atoms with Gasteiger partial charge in [-0.05, 0) is 0 Å². The molecule has 2 heterocycles. The van der Waals surface area contributed by atoms with Gasteiger partial charge in [-0.25, -0.2) is 13.1 Å². The van der Waals surface area contributed by atoms with Gasteiger partial charge in [0.2, 0.25) is 21.8 Å². The second-order valence-electron chi connectivity index (χ2n) is 4.80. The number of nitrogens with zero attached hydrogens (tertiary/aromatic N) is 3. The second-order valence-corrected chi connectivity index (χ2v) is 6.57. The van der Waals surface area contributed by atoms with Crippen LogP contribution in [0.25, 0.3) is 0 Å². The molecule has 1 N–H and O–H groups in total. The summed E-state index contributed by atoms with van der Waals surface area (Å²) in [6, 6.07) is 0. The van der Waals surface area contributed by atoms with Gasteiger partial charge < -0.3 is 4.74 Å². The number of imide groups is 1. The number of ether oxygens (including phenoxy) is 1. The smallest absolute Gasteiger partial charge is 0.243 e. The lowest BCUT2D eigenvalue weighted by Gasteiger charge is -2.13. The highest BCUT2D eigenvalue weighted by molar-refractivity contribution is 7.89. The normalized spacial score (nSPS) is 15.8. The number of sulfonamides is 1. The fraction of sp³-hybridized carbons (Fsp3) is 0.583. The average Bonchev–Trinajstić information content (AvgIpc) is 3.02. The third kappa shape index (κ3) is 4.12.